The molecule has 1 aromatic carbocycles. The topological polar surface area (TPSA) is 81.8 Å². The van der Waals surface area contributed by atoms with Gasteiger partial charge in [0.15, 0.2) is 5.52 Å². The molecule has 0 aliphatic rings. The van der Waals surface area contributed by atoms with E-state index in [4.69, 9.17) is 0 Å². The predicted molar refractivity (Wildman–Crippen MR) is 113 cm³/mol. The highest BCUT2D eigenvalue weighted by atomic mass is 32.1. The van der Waals surface area contributed by atoms with Crippen LogP contribution in [0.3, 0.4) is 0 Å². The van der Waals surface area contributed by atoms with Crippen LogP contribution in [0.4, 0.5) is 0 Å². The van der Waals surface area contributed by atoms with E-state index in [1.54, 1.807) is 22.9 Å². The van der Waals surface area contributed by atoms with E-state index in [2.05, 4.69) is 15.5 Å². The summed E-state index contributed by atoms with van der Waals surface area (Å²) < 4.78 is 2.97. The van der Waals surface area contributed by atoms with Crippen molar-refractivity contribution in [3.05, 3.63) is 74.5 Å². The zero-order valence-electron chi connectivity index (χ0n) is 16.4. The average molecular weight is 407 g/mol. The minimum Gasteiger partial charge on any atom is -0.349 e. The summed E-state index contributed by atoms with van der Waals surface area (Å²) in [6.45, 7) is 5.85. The summed E-state index contributed by atoms with van der Waals surface area (Å²) in [7, 11) is 0. The number of carbonyl (C=O) groups excluding carboxylic acids is 1. The van der Waals surface area contributed by atoms with E-state index in [1.165, 1.54) is 4.68 Å². The first-order valence-corrected chi connectivity index (χ1v) is 10.2. The summed E-state index contributed by atoms with van der Waals surface area (Å²) in [4.78, 5) is 26.8. The number of nitrogens with one attached hydrogen (secondary N) is 1. The highest BCUT2D eigenvalue weighted by Crippen LogP contribution is 2.21. The lowest BCUT2D eigenvalue weighted by atomic mass is 10.2. The fourth-order valence-corrected chi connectivity index (χ4v) is 4.02. The minimum atomic E-state index is -0.743. The highest BCUT2D eigenvalue weighted by molar-refractivity contribution is 7.09. The van der Waals surface area contributed by atoms with Crippen LogP contribution in [0.15, 0.2) is 52.6 Å². The third kappa shape index (κ3) is 3.47. The number of benzene rings is 1. The first-order valence-electron chi connectivity index (χ1n) is 9.31. The summed E-state index contributed by atoms with van der Waals surface area (Å²) in [6, 6.07) is 12.8. The summed E-state index contributed by atoms with van der Waals surface area (Å²) >= 11 is 1.57. The molecular weight excluding hydrogens is 386 g/mol. The number of thiophene rings is 1. The van der Waals surface area contributed by atoms with E-state index in [-0.39, 0.29) is 11.5 Å². The van der Waals surface area contributed by atoms with Gasteiger partial charge in [-0.05, 0) is 44.4 Å². The molecule has 29 heavy (non-hydrogen) atoms. The van der Waals surface area contributed by atoms with Gasteiger partial charge >= 0.3 is 0 Å². The Balaban J connectivity index is 1.71. The van der Waals surface area contributed by atoms with Gasteiger partial charge in [-0.1, -0.05) is 24.3 Å². The summed E-state index contributed by atoms with van der Waals surface area (Å²) in [6.07, 6.45) is 0. The predicted octanol–water partition coefficient (Wildman–Crippen LogP) is 3.14. The molecule has 1 N–H and O–H groups in total. The van der Waals surface area contributed by atoms with E-state index < -0.39 is 6.04 Å². The Labute approximate surface area is 171 Å². The molecule has 4 aromatic rings. The summed E-state index contributed by atoms with van der Waals surface area (Å²) in [5.41, 5.74) is 2.32. The Morgan fingerprint density at radius 1 is 1.14 bits per heavy atom. The summed E-state index contributed by atoms with van der Waals surface area (Å²) in [5.74, 6) is -0.258. The molecule has 148 valence electrons. The van der Waals surface area contributed by atoms with Crippen LogP contribution in [0.1, 0.15) is 29.2 Å². The van der Waals surface area contributed by atoms with Gasteiger partial charge in [0.2, 0.25) is 5.91 Å². The third-order valence-corrected chi connectivity index (χ3v) is 5.79. The molecule has 0 fully saturated rings. The largest absolute Gasteiger partial charge is 0.349 e. The van der Waals surface area contributed by atoms with Crippen LogP contribution < -0.4 is 10.9 Å². The Bertz CT molecular complexity index is 1230. The van der Waals surface area contributed by atoms with Crippen LogP contribution in [0, 0.1) is 13.8 Å². The maximum absolute atomic E-state index is 13.1. The Morgan fingerprint density at radius 2 is 1.90 bits per heavy atom. The molecule has 4 rings (SSSR count). The van der Waals surface area contributed by atoms with Crippen LogP contribution in [0.25, 0.3) is 16.6 Å². The van der Waals surface area contributed by atoms with Crippen molar-refractivity contribution in [2.45, 2.75) is 33.4 Å². The van der Waals surface area contributed by atoms with Crippen LogP contribution in [-0.4, -0.2) is 25.5 Å². The average Bonchev–Trinajstić information content (AvgIpc) is 3.37. The van der Waals surface area contributed by atoms with Gasteiger partial charge in [-0.3, -0.25) is 9.59 Å². The molecule has 3 heterocycles. The van der Waals surface area contributed by atoms with E-state index in [0.717, 1.165) is 21.6 Å². The van der Waals surface area contributed by atoms with Gasteiger partial charge in [0, 0.05) is 4.88 Å². The van der Waals surface area contributed by atoms with Crippen molar-refractivity contribution in [2.24, 2.45) is 0 Å². The van der Waals surface area contributed by atoms with Crippen LogP contribution in [0.2, 0.25) is 0 Å². The van der Waals surface area contributed by atoms with Crippen molar-refractivity contribution >= 4 is 28.1 Å². The molecule has 0 aliphatic heterocycles. The lowest BCUT2D eigenvalue weighted by molar-refractivity contribution is -0.124. The fraction of sp³-hybridized carbons (Fsp3) is 0.238. The number of hydrogen-bond donors (Lipinski definition) is 1. The first kappa shape index (κ1) is 19.1. The first-order chi connectivity index (χ1) is 14.0. The quantitative estimate of drug-likeness (QED) is 0.551. The van der Waals surface area contributed by atoms with Crippen LogP contribution in [-0.2, 0) is 11.3 Å². The monoisotopic (exact) mass is 407 g/mol. The molecule has 0 unspecified atom stereocenters. The van der Waals surface area contributed by atoms with Gasteiger partial charge in [-0.15, -0.1) is 11.3 Å². The molecule has 1 atom stereocenters. The lowest BCUT2D eigenvalue weighted by Crippen LogP contribution is -2.37. The number of aromatic nitrogens is 4. The maximum atomic E-state index is 13.1. The number of nitrogens with zero attached hydrogens (tertiary/aromatic N) is 4. The number of aryl methyl sites for hydroxylation is 2. The lowest BCUT2D eigenvalue weighted by Gasteiger charge is -2.14. The molecule has 0 radical (unpaired) electrons. The molecule has 0 saturated carbocycles. The van der Waals surface area contributed by atoms with Gasteiger partial charge < -0.3 is 5.32 Å². The zero-order chi connectivity index (χ0) is 20.5. The van der Waals surface area contributed by atoms with Crippen molar-refractivity contribution in [3.8, 4) is 5.69 Å². The molecule has 0 aliphatic carbocycles. The number of hydrogen-bond acceptors (Lipinski definition) is 5. The zero-order valence-corrected chi connectivity index (χ0v) is 17.2. The van der Waals surface area contributed by atoms with Crippen LogP contribution >= 0.6 is 11.3 Å². The molecule has 8 heteroatoms. The second-order valence-electron chi connectivity index (χ2n) is 6.86. The smallest absolute Gasteiger partial charge is 0.295 e. The molecule has 1 amide bonds. The van der Waals surface area contributed by atoms with Crippen molar-refractivity contribution in [1.82, 2.24) is 24.9 Å². The van der Waals surface area contributed by atoms with Gasteiger partial charge in [0.25, 0.3) is 5.56 Å². The van der Waals surface area contributed by atoms with E-state index in [9.17, 15) is 9.59 Å². The number of fused-ring (bicyclic) bond motifs is 1. The van der Waals surface area contributed by atoms with E-state index in [1.807, 2.05) is 61.7 Å². The molecule has 7 nitrogen and oxygen atoms in total. The SMILES string of the molecule is Cc1nn([C@@H](C)C(=O)NCc2cccs2)c(=O)c2nn(-c3ccccc3)c(C)c12. The normalized spacial score (nSPS) is 12.2. The molecule has 0 saturated heterocycles. The third-order valence-electron chi connectivity index (χ3n) is 4.91. The standard InChI is InChI=1S/C21H21N5O2S/c1-13-18-14(2)25(16-8-5-4-6-9-16)24-19(18)21(28)26(23-13)15(3)20(27)22-12-17-10-7-11-29-17/h4-11,15H,12H2,1-3H3,(H,22,27)/t15-/m0/s1. The molecule has 3 aromatic heterocycles. The van der Waals surface area contributed by atoms with E-state index >= 15 is 0 Å². The molecule has 0 bridgehead atoms. The maximum Gasteiger partial charge on any atom is 0.295 e. The number of para-hydroxylation sites is 1. The van der Waals surface area contributed by atoms with Gasteiger partial charge in [0.1, 0.15) is 6.04 Å². The van der Waals surface area contributed by atoms with Crippen molar-refractivity contribution < 1.29 is 4.79 Å². The van der Waals surface area contributed by atoms with Crippen molar-refractivity contribution in [3.63, 3.8) is 0 Å². The minimum absolute atomic E-state index is 0.258. The van der Waals surface area contributed by atoms with Gasteiger partial charge in [-0.2, -0.15) is 10.2 Å². The second kappa shape index (κ2) is 7.63. The van der Waals surface area contributed by atoms with E-state index in [0.29, 0.717) is 17.8 Å². The molecular formula is C21H21N5O2S. The van der Waals surface area contributed by atoms with Gasteiger partial charge in [-0.25, -0.2) is 9.36 Å². The Kier molecular flexibility index (Phi) is 5.02. The molecule has 0 spiro atoms. The summed E-state index contributed by atoms with van der Waals surface area (Å²) in [5, 5.41) is 14.5. The van der Waals surface area contributed by atoms with Crippen LogP contribution in [0.5, 0.6) is 0 Å². The highest BCUT2D eigenvalue weighted by Gasteiger charge is 2.23. The van der Waals surface area contributed by atoms with Crippen molar-refractivity contribution in [1.29, 1.82) is 0 Å². The second-order valence-corrected chi connectivity index (χ2v) is 7.90. The number of rotatable bonds is 5. The fourth-order valence-electron chi connectivity index (χ4n) is 3.38. The number of carbonyl (C=O) groups is 1. The Morgan fingerprint density at radius 3 is 2.59 bits per heavy atom. The number of amides is 1. The van der Waals surface area contributed by atoms with Gasteiger partial charge in [0.05, 0.1) is 29.0 Å². The Hall–Kier alpha value is -3.26. The van der Waals surface area contributed by atoms with Crippen molar-refractivity contribution in [2.75, 3.05) is 0 Å².